The van der Waals surface area contributed by atoms with E-state index in [1.54, 1.807) is 23.5 Å². The molecule has 1 fully saturated rings. The number of carbonyl (C=O) groups is 1. The number of likely N-dealkylation sites (tertiary alicyclic amines) is 1. The van der Waals surface area contributed by atoms with E-state index in [4.69, 9.17) is 23.2 Å². The van der Waals surface area contributed by atoms with Gasteiger partial charge < -0.3 is 15.1 Å². The van der Waals surface area contributed by atoms with E-state index in [0.29, 0.717) is 21.3 Å². The molecule has 1 saturated heterocycles. The minimum atomic E-state index is -0.276. The molecule has 2 aromatic rings. The van der Waals surface area contributed by atoms with Gasteiger partial charge in [0.15, 0.2) is 0 Å². The van der Waals surface area contributed by atoms with E-state index in [-0.39, 0.29) is 18.1 Å². The highest BCUT2D eigenvalue weighted by Gasteiger charge is 2.25. The summed E-state index contributed by atoms with van der Waals surface area (Å²) < 4.78 is 0. The molecule has 2 amide bonds. The van der Waals surface area contributed by atoms with Crippen molar-refractivity contribution >= 4 is 29.2 Å². The van der Waals surface area contributed by atoms with Crippen molar-refractivity contribution in [1.82, 2.24) is 25.1 Å². The van der Waals surface area contributed by atoms with Crippen LogP contribution in [0, 0.1) is 0 Å². The van der Waals surface area contributed by atoms with Crippen molar-refractivity contribution in [2.75, 3.05) is 27.2 Å². The van der Waals surface area contributed by atoms with E-state index in [1.807, 2.05) is 26.1 Å². The molecular formula is C20H25Cl2N5O. The highest BCUT2D eigenvalue weighted by molar-refractivity contribution is 6.44. The predicted octanol–water partition coefficient (Wildman–Crippen LogP) is 4.25. The van der Waals surface area contributed by atoms with Crippen molar-refractivity contribution in [1.29, 1.82) is 0 Å². The fourth-order valence-electron chi connectivity index (χ4n) is 3.45. The van der Waals surface area contributed by atoms with Crippen LogP contribution >= 0.6 is 23.2 Å². The molecule has 6 nitrogen and oxygen atoms in total. The molecule has 3 rings (SSSR count). The third-order valence-electron chi connectivity index (χ3n) is 5.31. The fraction of sp³-hybridized carbons (Fsp3) is 0.450. The van der Waals surface area contributed by atoms with Gasteiger partial charge >= 0.3 is 6.03 Å². The van der Waals surface area contributed by atoms with Crippen molar-refractivity contribution in [2.45, 2.75) is 31.8 Å². The monoisotopic (exact) mass is 421 g/mol. The van der Waals surface area contributed by atoms with Crippen LogP contribution in [0.15, 0.2) is 30.7 Å². The molecule has 1 aromatic heterocycles. The van der Waals surface area contributed by atoms with Crippen LogP contribution in [0.5, 0.6) is 0 Å². The number of rotatable bonds is 4. The highest BCUT2D eigenvalue weighted by Crippen LogP contribution is 2.37. The SMILES string of the molecule is C[C@H](NC(=O)N(C)C1CCN(C)CC1)c1ccc(-c2cnccn2)c(Cl)c1Cl. The molecule has 0 radical (unpaired) electrons. The zero-order valence-corrected chi connectivity index (χ0v) is 17.8. The molecule has 150 valence electrons. The maximum atomic E-state index is 12.7. The summed E-state index contributed by atoms with van der Waals surface area (Å²) in [7, 11) is 3.96. The number of halogens is 2. The number of nitrogens with one attached hydrogen (secondary N) is 1. The zero-order chi connectivity index (χ0) is 20.3. The third kappa shape index (κ3) is 4.57. The summed E-state index contributed by atoms with van der Waals surface area (Å²) in [5.74, 6) is 0. The Labute approximate surface area is 175 Å². The Hall–Kier alpha value is -1.89. The van der Waals surface area contributed by atoms with Crippen LogP contribution in [-0.2, 0) is 0 Å². The van der Waals surface area contributed by atoms with Gasteiger partial charge in [-0.15, -0.1) is 0 Å². The normalized spacial score (nSPS) is 16.6. The predicted molar refractivity (Wildman–Crippen MR) is 113 cm³/mol. The van der Waals surface area contributed by atoms with Crippen LogP contribution < -0.4 is 5.32 Å². The summed E-state index contributed by atoms with van der Waals surface area (Å²) in [6, 6.07) is 3.60. The molecule has 28 heavy (non-hydrogen) atoms. The van der Waals surface area contributed by atoms with Crippen LogP contribution in [0.1, 0.15) is 31.4 Å². The van der Waals surface area contributed by atoms with E-state index in [9.17, 15) is 4.79 Å². The lowest BCUT2D eigenvalue weighted by molar-refractivity contribution is 0.146. The number of aromatic nitrogens is 2. The lowest BCUT2D eigenvalue weighted by atomic mass is 10.0. The van der Waals surface area contributed by atoms with E-state index in [0.717, 1.165) is 31.5 Å². The number of benzene rings is 1. The van der Waals surface area contributed by atoms with Gasteiger partial charge in [-0.1, -0.05) is 35.3 Å². The van der Waals surface area contributed by atoms with E-state index >= 15 is 0 Å². The van der Waals surface area contributed by atoms with Crippen LogP contribution in [0.25, 0.3) is 11.3 Å². The van der Waals surface area contributed by atoms with Gasteiger partial charge in [-0.05, 0) is 45.5 Å². The van der Waals surface area contributed by atoms with Gasteiger partial charge in [0.25, 0.3) is 0 Å². The van der Waals surface area contributed by atoms with Crippen molar-refractivity contribution in [3.8, 4) is 11.3 Å². The molecular weight excluding hydrogens is 397 g/mol. The summed E-state index contributed by atoms with van der Waals surface area (Å²) >= 11 is 13.0. The van der Waals surface area contributed by atoms with Crippen LogP contribution in [-0.4, -0.2) is 59.0 Å². The van der Waals surface area contributed by atoms with Crippen molar-refractivity contribution in [3.63, 3.8) is 0 Å². The Bertz CT molecular complexity index is 825. The van der Waals surface area contributed by atoms with Gasteiger partial charge in [0.1, 0.15) is 0 Å². The Kier molecular flexibility index (Phi) is 6.75. The van der Waals surface area contributed by atoms with Gasteiger partial charge in [0, 0.05) is 31.0 Å². The van der Waals surface area contributed by atoms with Gasteiger partial charge in [0.2, 0.25) is 0 Å². The molecule has 0 unspecified atom stereocenters. The van der Waals surface area contributed by atoms with Gasteiger partial charge in [0.05, 0.1) is 28.0 Å². The average molecular weight is 422 g/mol. The standard InChI is InChI=1S/C20H25Cl2N5O/c1-13(25-20(28)27(3)14-6-10-26(2)11-7-14)15-4-5-16(19(22)18(15)21)17-12-23-8-9-24-17/h4-5,8-9,12-14H,6-7,10-11H2,1-3H3,(H,25,28)/t13-/m0/s1. The van der Waals surface area contributed by atoms with Gasteiger partial charge in [-0.25, -0.2) is 4.79 Å². The molecule has 1 aliphatic rings. The van der Waals surface area contributed by atoms with Crippen molar-refractivity contribution in [2.24, 2.45) is 0 Å². The van der Waals surface area contributed by atoms with Crippen molar-refractivity contribution < 1.29 is 4.79 Å². The molecule has 1 aliphatic heterocycles. The summed E-state index contributed by atoms with van der Waals surface area (Å²) in [4.78, 5) is 25.1. The number of carbonyl (C=O) groups excluding carboxylic acids is 1. The van der Waals surface area contributed by atoms with Gasteiger partial charge in [-0.3, -0.25) is 9.97 Å². The molecule has 0 saturated carbocycles. The first kappa shape index (κ1) is 20.8. The molecule has 0 aliphatic carbocycles. The second-order valence-corrected chi connectivity index (χ2v) is 7.99. The number of nitrogens with zero attached hydrogens (tertiary/aromatic N) is 4. The number of piperidine rings is 1. The maximum Gasteiger partial charge on any atom is 0.317 e. The first-order valence-electron chi connectivity index (χ1n) is 9.34. The Balaban J connectivity index is 1.71. The Morgan fingerprint density at radius 2 is 1.96 bits per heavy atom. The van der Waals surface area contributed by atoms with Crippen molar-refractivity contribution in [3.05, 3.63) is 46.3 Å². The first-order chi connectivity index (χ1) is 13.4. The minimum Gasteiger partial charge on any atom is -0.331 e. The van der Waals surface area contributed by atoms with Crippen LogP contribution in [0.3, 0.4) is 0 Å². The van der Waals surface area contributed by atoms with E-state index < -0.39 is 0 Å². The molecule has 0 bridgehead atoms. The number of hydrogen-bond donors (Lipinski definition) is 1. The average Bonchev–Trinajstić information content (AvgIpc) is 2.70. The summed E-state index contributed by atoms with van der Waals surface area (Å²) in [5.41, 5.74) is 2.13. The second-order valence-electron chi connectivity index (χ2n) is 7.24. The quantitative estimate of drug-likeness (QED) is 0.801. The first-order valence-corrected chi connectivity index (χ1v) is 10.1. The Morgan fingerprint density at radius 1 is 1.25 bits per heavy atom. The lowest BCUT2D eigenvalue weighted by Gasteiger charge is -2.35. The molecule has 8 heteroatoms. The molecule has 1 N–H and O–H groups in total. The Morgan fingerprint density at radius 3 is 2.61 bits per heavy atom. The summed E-state index contributed by atoms with van der Waals surface area (Å²) in [6.45, 7) is 3.91. The minimum absolute atomic E-state index is 0.104. The van der Waals surface area contributed by atoms with Crippen LogP contribution in [0.4, 0.5) is 4.79 Å². The van der Waals surface area contributed by atoms with E-state index in [1.165, 1.54) is 0 Å². The van der Waals surface area contributed by atoms with E-state index in [2.05, 4.69) is 27.2 Å². The molecule has 1 aromatic carbocycles. The number of urea groups is 1. The number of amides is 2. The molecule has 2 heterocycles. The smallest absolute Gasteiger partial charge is 0.317 e. The second kappa shape index (κ2) is 9.07. The largest absolute Gasteiger partial charge is 0.331 e. The summed E-state index contributed by atoms with van der Waals surface area (Å²) in [6.07, 6.45) is 6.81. The lowest BCUT2D eigenvalue weighted by Crippen LogP contribution is -2.48. The number of hydrogen-bond acceptors (Lipinski definition) is 4. The summed E-state index contributed by atoms with van der Waals surface area (Å²) in [5, 5.41) is 3.86. The maximum absolute atomic E-state index is 12.7. The third-order valence-corrected chi connectivity index (χ3v) is 6.21. The molecule has 0 spiro atoms. The fourth-order valence-corrected chi connectivity index (χ4v) is 4.05. The highest BCUT2D eigenvalue weighted by atomic mass is 35.5. The zero-order valence-electron chi connectivity index (χ0n) is 16.3. The van der Waals surface area contributed by atoms with Gasteiger partial charge in [-0.2, -0.15) is 0 Å². The van der Waals surface area contributed by atoms with Crippen LogP contribution in [0.2, 0.25) is 10.0 Å². The topological polar surface area (TPSA) is 61.4 Å². The molecule has 1 atom stereocenters.